The van der Waals surface area contributed by atoms with Crippen molar-refractivity contribution in [3.05, 3.63) is 41.5 Å². The van der Waals surface area contributed by atoms with Gasteiger partial charge < -0.3 is 14.6 Å². The molecule has 0 saturated carbocycles. The van der Waals surface area contributed by atoms with Crippen molar-refractivity contribution in [3.8, 4) is 5.75 Å². The van der Waals surface area contributed by atoms with Crippen molar-refractivity contribution in [2.24, 2.45) is 11.8 Å². The largest absolute Gasteiger partial charge is 0.497 e. The minimum Gasteiger partial charge on any atom is -0.497 e. The van der Waals surface area contributed by atoms with Crippen molar-refractivity contribution in [2.75, 3.05) is 20.2 Å². The van der Waals surface area contributed by atoms with Crippen LogP contribution < -0.4 is 10.1 Å². The van der Waals surface area contributed by atoms with Crippen LogP contribution in [0.2, 0.25) is 0 Å². The zero-order chi connectivity index (χ0) is 19.0. The SMILES string of the molecule is COc1cccc(CN2C[C@@H]3Cc4nnc(C(=O)NC(C)C)n4C[C@@H]3C2)c1. The third-order valence-corrected chi connectivity index (χ3v) is 5.50. The molecule has 7 heteroatoms. The molecule has 2 atom stereocenters. The summed E-state index contributed by atoms with van der Waals surface area (Å²) in [7, 11) is 1.70. The average Bonchev–Trinajstić information content (AvgIpc) is 3.21. The fraction of sp³-hybridized carbons (Fsp3) is 0.550. The predicted molar refractivity (Wildman–Crippen MR) is 102 cm³/mol. The van der Waals surface area contributed by atoms with Crippen molar-refractivity contribution >= 4 is 5.91 Å². The lowest BCUT2D eigenvalue weighted by Gasteiger charge is -2.25. The first-order valence-electron chi connectivity index (χ1n) is 9.61. The summed E-state index contributed by atoms with van der Waals surface area (Å²) in [5.41, 5.74) is 1.27. The lowest BCUT2D eigenvalue weighted by atomic mass is 9.89. The number of likely N-dealkylation sites (tertiary alicyclic amines) is 1. The van der Waals surface area contributed by atoms with Crippen molar-refractivity contribution in [3.63, 3.8) is 0 Å². The van der Waals surface area contributed by atoms with Gasteiger partial charge in [0, 0.05) is 38.6 Å². The third-order valence-electron chi connectivity index (χ3n) is 5.50. The summed E-state index contributed by atoms with van der Waals surface area (Å²) >= 11 is 0. The van der Waals surface area contributed by atoms with Crippen LogP contribution in [0.3, 0.4) is 0 Å². The zero-order valence-corrected chi connectivity index (χ0v) is 16.2. The quantitative estimate of drug-likeness (QED) is 0.869. The molecule has 0 spiro atoms. The van der Waals surface area contributed by atoms with Crippen LogP contribution >= 0.6 is 0 Å². The van der Waals surface area contributed by atoms with Gasteiger partial charge in [0.15, 0.2) is 0 Å². The first-order chi connectivity index (χ1) is 13.0. The molecule has 1 aromatic heterocycles. The van der Waals surface area contributed by atoms with E-state index in [2.05, 4.69) is 32.5 Å². The number of nitrogens with zero attached hydrogens (tertiary/aromatic N) is 4. The number of methoxy groups -OCH3 is 1. The van der Waals surface area contributed by atoms with Gasteiger partial charge in [-0.05, 0) is 43.4 Å². The number of hydrogen-bond acceptors (Lipinski definition) is 5. The Balaban J connectivity index is 1.44. The summed E-state index contributed by atoms with van der Waals surface area (Å²) in [6.45, 7) is 7.74. The third kappa shape index (κ3) is 3.69. The highest BCUT2D eigenvalue weighted by molar-refractivity contribution is 5.90. The van der Waals surface area contributed by atoms with E-state index in [4.69, 9.17) is 4.74 Å². The molecule has 27 heavy (non-hydrogen) atoms. The number of aromatic nitrogens is 3. The Morgan fingerprint density at radius 3 is 2.85 bits per heavy atom. The van der Waals surface area contributed by atoms with Crippen LogP contribution in [0.4, 0.5) is 0 Å². The van der Waals surface area contributed by atoms with Gasteiger partial charge in [0.05, 0.1) is 7.11 Å². The molecule has 0 aliphatic carbocycles. The molecule has 1 fully saturated rings. The molecule has 2 aromatic rings. The maximum atomic E-state index is 12.4. The standard InChI is InChI=1S/C20H27N5O2/c1-13(2)21-20(26)19-23-22-18-8-15-10-24(11-16(15)12-25(18)19)9-14-5-4-6-17(7-14)27-3/h4-7,13,15-16H,8-12H2,1-3H3,(H,21,26)/t15-,16-/m0/s1. The zero-order valence-electron chi connectivity index (χ0n) is 16.2. The van der Waals surface area contributed by atoms with Gasteiger partial charge in [-0.1, -0.05) is 12.1 Å². The molecular formula is C20H27N5O2. The van der Waals surface area contributed by atoms with E-state index >= 15 is 0 Å². The van der Waals surface area contributed by atoms with Gasteiger partial charge in [0.1, 0.15) is 11.6 Å². The second kappa shape index (κ2) is 7.31. The molecule has 0 bridgehead atoms. The maximum absolute atomic E-state index is 12.4. The summed E-state index contributed by atoms with van der Waals surface area (Å²) in [5, 5.41) is 11.4. The lowest BCUT2D eigenvalue weighted by Crippen LogP contribution is -2.35. The predicted octanol–water partition coefficient (Wildman–Crippen LogP) is 1.73. The summed E-state index contributed by atoms with van der Waals surface area (Å²) in [6, 6.07) is 8.35. The highest BCUT2D eigenvalue weighted by Gasteiger charge is 2.39. The molecule has 2 aliphatic heterocycles. The highest BCUT2D eigenvalue weighted by atomic mass is 16.5. The number of rotatable bonds is 5. The van der Waals surface area contributed by atoms with E-state index in [9.17, 15) is 4.79 Å². The van der Waals surface area contributed by atoms with Gasteiger partial charge in [0.25, 0.3) is 5.91 Å². The van der Waals surface area contributed by atoms with Gasteiger partial charge in [0.2, 0.25) is 5.82 Å². The van der Waals surface area contributed by atoms with Gasteiger partial charge in [-0.15, -0.1) is 10.2 Å². The number of nitrogens with one attached hydrogen (secondary N) is 1. The normalized spacial score (nSPS) is 21.8. The fourth-order valence-electron chi connectivity index (χ4n) is 4.27. The van der Waals surface area contributed by atoms with E-state index in [-0.39, 0.29) is 11.9 Å². The van der Waals surface area contributed by atoms with Crippen molar-refractivity contribution in [1.29, 1.82) is 0 Å². The van der Waals surface area contributed by atoms with Gasteiger partial charge >= 0.3 is 0 Å². The van der Waals surface area contributed by atoms with E-state index in [0.717, 1.165) is 44.2 Å². The Kier molecular flexibility index (Phi) is 4.86. The maximum Gasteiger partial charge on any atom is 0.289 e. The van der Waals surface area contributed by atoms with E-state index < -0.39 is 0 Å². The fourth-order valence-corrected chi connectivity index (χ4v) is 4.27. The molecule has 3 heterocycles. The summed E-state index contributed by atoms with van der Waals surface area (Å²) in [6.07, 6.45) is 0.890. The van der Waals surface area contributed by atoms with E-state index in [1.165, 1.54) is 5.56 Å². The smallest absolute Gasteiger partial charge is 0.289 e. The topological polar surface area (TPSA) is 72.3 Å². The number of carbonyl (C=O) groups is 1. The van der Waals surface area contributed by atoms with E-state index in [1.807, 2.05) is 30.5 Å². The first-order valence-corrected chi connectivity index (χ1v) is 9.61. The minimum absolute atomic E-state index is 0.0895. The molecule has 1 saturated heterocycles. The number of ether oxygens (including phenoxy) is 1. The first kappa shape index (κ1) is 18.0. The summed E-state index contributed by atoms with van der Waals surface area (Å²) in [5.74, 6) is 3.26. The number of carbonyl (C=O) groups excluding carboxylic acids is 1. The molecule has 0 radical (unpaired) electrons. The number of benzene rings is 1. The molecule has 7 nitrogen and oxygen atoms in total. The monoisotopic (exact) mass is 369 g/mol. The van der Waals surface area contributed by atoms with Crippen molar-refractivity contribution < 1.29 is 9.53 Å². The molecule has 1 aromatic carbocycles. The molecule has 1 amide bonds. The summed E-state index contributed by atoms with van der Waals surface area (Å²) < 4.78 is 7.36. The Labute approximate surface area is 159 Å². The van der Waals surface area contributed by atoms with Crippen LogP contribution in [-0.4, -0.2) is 51.8 Å². The van der Waals surface area contributed by atoms with Crippen LogP contribution in [0.1, 0.15) is 35.9 Å². The van der Waals surface area contributed by atoms with Gasteiger partial charge in [-0.25, -0.2) is 0 Å². The molecule has 2 aliphatic rings. The average molecular weight is 369 g/mol. The minimum atomic E-state index is -0.131. The van der Waals surface area contributed by atoms with Gasteiger partial charge in [-0.2, -0.15) is 0 Å². The van der Waals surface area contributed by atoms with Crippen LogP contribution in [-0.2, 0) is 19.5 Å². The van der Waals surface area contributed by atoms with Crippen LogP contribution in [0.5, 0.6) is 5.75 Å². The van der Waals surface area contributed by atoms with Crippen LogP contribution in [0.15, 0.2) is 24.3 Å². The molecule has 1 N–H and O–H groups in total. The van der Waals surface area contributed by atoms with E-state index in [0.29, 0.717) is 17.7 Å². The Morgan fingerprint density at radius 1 is 1.26 bits per heavy atom. The molecule has 0 unspecified atom stereocenters. The molecule has 4 rings (SSSR count). The van der Waals surface area contributed by atoms with E-state index in [1.54, 1.807) is 7.11 Å². The van der Waals surface area contributed by atoms with Crippen LogP contribution in [0.25, 0.3) is 0 Å². The van der Waals surface area contributed by atoms with Crippen molar-refractivity contribution in [1.82, 2.24) is 25.0 Å². The Bertz CT molecular complexity index is 832. The number of hydrogen-bond donors (Lipinski definition) is 1. The number of amides is 1. The Hall–Kier alpha value is -2.41. The second-order valence-electron chi connectivity index (χ2n) is 7.95. The molecule has 144 valence electrons. The Morgan fingerprint density at radius 2 is 2.07 bits per heavy atom. The molecular weight excluding hydrogens is 342 g/mol. The highest BCUT2D eigenvalue weighted by Crippen LogP contribution is 2.33. The number of fused-ring (bicyclic) bond motifs is 2. The second-order valence-corrected chi connectivity index (χ2v) is 7.95. The van der Waals surface area contributed by atoms with Gasteiger partial charge in [-0.3, -0.25) is 9.69 Å². The van der Waals surface area contributed by atoms with Crippen molar-refractivity contribution in [2.45, 2.75) is 39.4 Å². The summed E-state index contributed by atoms with van der Waals surface area (Å²) in [4.78, 5) is 14.9. The lowest BCUT2D eigenvalue weighted by molar-refractivity contribution is 0.0924. The van der Waals surface area contributed by atoms with Crippen LogP contribution in [0, 0.1) is 11.8 Å².